The van der Waals surface area contributed by atoms with E-state index in [1.807, 2.05) is 0 Å². The van der Waals surface area contributed by atoms with Crippen LogP contribution in [0.15, 0.2) is 24.3 Å². The predicted molar refractivity (Wildman–Crippen MR) is 69.1 cm³/mol. The summed E-state index contributed by atoms with van der Waals surface area (Å²) in [6.07, 6.45) is 1.32. The molecule has 94 valence electrons. The lowest BCUT2D eigenvalue weighted by Crippen LogP contribution is -2.23. The van der Waals surface area contributed by atoms with Crippen LogP contribution in [-0.2, 0) is 10.2 Å². The number of hydrogen-bond acceptors (Lipinski definition) is 2. The van der Waals surface area contributed by atoms with E-state index >= 15 is 0 Å². The zero-order valence-electron chi connectivity index (χ0n) is 10.9. The average molecular weight is 234 g/mol. The van der Waals surface area contributed by atoms with Crippen molar-refractivity contribution in [2.45, 2.75) is 51.2 Å². The molecule has 0 aromatic heterocycles. The number of ether oxygens (including phenoxy) is 1. The van der Waals surface area contributed by atoms with Crippen molar-refractivity contribution in [3.63, 3.8) is 0 Å². The first-order valence-electron chi connectivity index (χ1n) is 6.37. The van der Waals surface area contributed by atoms with Crippen LogP contribution in [0.3, 0.4) is 0 Å². The van der Waals surface area contributed by atoms with Gasteiger partial charge in [0.15, 0.2) is 0 Å². The van der Waals surface area contributed by atoms with E-state index in [1.54, 1.807) is 0 Å². The Labute approximate surface area is 104 Å². The van der Waals surface area contributed by atoms with Crippen molar-refractivity contribution >= 4 is 0 Å². The van der Waals surface area contributed by atoms with Gasteiger partial charge in [-0.25, -0.2) is 0 Å². The van der Waals surface area contributed by atoms with Gasteiger partial charge in [-0.2, -0.15) is 0 Å². The Morgan fingerprint density at radius 2 is 2.06 bits per heavy atom. The summed E-state index contributed by atoms with van der Waals surface area (Å²) >= 11 is 0. The molecule has 0 radical (unpaired) electrons. The van der Waals surface area contributed by atoms with E-state index in [4.69, 9.17) is 4.74 Å². The highest BCUT2D eigenvalue weighted by molar-refractivity contribution is 5.30. The smallest absolute Gasteiger partial charge is 0.0849 e. The van der Waals surface area contributed by atoms with Crippen molar-refractivity contribution in [1.29, 1.82) is 0 Å². The molecule has 0 amide bonds. The molecule has 2 nitrogen and oxygen atoms in total. The molecule has 0 aliphatic carbocycles. The van der Waals surface area contributed by atoms with Gasteiger partial charge in [-0.1, -0.05) is 45.0 Å². The van der Waals surface area contributed by atoms with E-state index in [-0.39, 0.29) is 17.6 Å². The Kier molecular flexibility index (Phi) is 3.55. The minimum Gasteiger partial charge on any atom is -0.393 e. The summed E-state index contributed by atoms with van der Waals surface area (Å²) < 4.78 is 5.74. The fourth-order valence-corrected chi connectivity index (χ4v) is 2.22. The summed E-state index contributed by atoms with van der Waals surface area (Å²) in [5, 5.41) is 9.69. The molecule has 0 saturated carbocycles. The second-order valence-electron chi connectivity index (χ2n) is 5.91. The molecular formula is C15H22O2. The van der Waals surface area contributed by atoms with Gasteiger partial charge in [0, 0.05) is 13.0 Å². The van der Waals surface area contributed by atoms with Gasteiger partial charge in [-0.05, 0) is 23.0 Å². The van der Waals surface area contributed by atoms with Crippen LogP contribution in [0.4, 0.5) is 0 Å². The summed E-state index contributed by atoms with van der Waals surface area (Å²) in [7, 11) is 0. The van der Waals surface area contributed by atoms with E-state index in [0.717, 1.165) is 6.42 Å². The van der Waals surface area contributed by atoms with E-state index in [9.17, 15) is 5.11 Å². The van der Waals surface area contributed by atoms with Gasteiger partial charge in [0.2, 0.25) is 0 Å². The fraction of sp³-hybridized carbons (Fsp3) is 0.600. The Morgan fingerprint density at radius 3 is 2.71 bits per heavy atom. The molecule has 2 heteroatoms. The van der Waals surface area contributed by atoms with E-state index < -0.39 is 0 Å². The summed E-state index contributed by atoms with van der Waals surface area (Å²) in [5.74, 6) is 0. The van der Waals surface area contributed by atoms with Crippen LogP contribution in [0.5, 0.6) is 0 Å². The van der Waals surface area contributed by atoms with Gasteiger partial charge >= 0.3 is 0 Å². The first-order chi connectivity index (χ1) is 7.97. The maximum Gasteiger partial charge on any atom is 0.0849 e. The van der Waals surface area contributed by atoms with Gasteiger partial charge in [0.05, 0.1) is 12.2 Å². The first kappa shape index (κ1) is 12.6. The van der Waals surface area contributed by atoms with Crippen molar-refractivity contribution < 1.29 is 9.84 Å². The normalized spacial score (nSPS) is 25.9. The Hall–Kier alpha value is -0.860. The zero-order valence-corrected chi connectivity index (χ0v) is 10.9. The van der Waals surface area contributed by atoms with E-state index in [0.29, 0.717) is 13.0 Å². The van der Waals surface area contributed by atoms with Gasteiger partial charge in [0.25, 0.3) is 0 Å². The molecule has 1 saturated heterocycles. The molecule has 1 N–H and O–H groups in total. The second-order valence-corrected chi connectivity index (χ2v) is 5.91. The average Bonchev–Trinajstić information content (AvgIpc) is 2.28. The zero-order chi connectivity index (χ0) is 12.5. The molecular weight excluding hydrogens is 212 g/mol. The summed E-state index contributed by atoms with van der Waals surface area (Å²) in [6, 6.07) is 8.55. The van der Waals surface area contributed by atoms with Crippen LogP contribution in [0, 0.1) is 0 Å². The largest absolute Gasteiger partial charge is 0.393 e. The predicted octanol–water partition coefficient (Wildman–Crippen LogP) is 3.20. The molecule has 1 aromatic rings. The number of aliphatic hydroxyl groups excluding tert-OH is 1. The Bertz CT molecular complexity index is 379. The van der Waals surface area contributed by atoms with E-state index in [1.165, 1.54) is 11.1 Å². The monoisotopic (exact) mass is 234 g/mol. The third-order valence-corrected chi connectivity index (χ3v) is 3.38. The summed E-state index contributed by atoms with van der Waals surface area (Å²) in [4.78, 5) is 0. The highest BCUT2D eigenvalue weighted by atomic mass is 16.5. The topological polar surface area (TPSA) is 29.5 Å². The van der Waals surface area contributed by atoms with Crippen LogP contribution in [0.25, 0.3) is 0 Å². The molecule has 1 fully saturated rings. The second kappa shape index (κ2) is 4.79. The van der Waals surface area contributed by atoms with E-state index in [2.05, 4.69) is 45.0 Å². The quantitative estimate of drug-likeness (QED) is 0.808. The third kappa shape index (κ3) is 3.08. The number of hydrogen-bond donors (Lipinski definition) is 1. The number of aliphatic hydroxyl groups is 1. The molecule has 1 aromatic carbocycles. The highest BCUT2D eigenvalue weighted by Gasteiger charge is 2.23. The van der Waals surface area contributed by atoms with Crippen LogP contribution in [0.1, 0.15) is 50.8 Å². The van der Waals surface area contributed by atoms with Crippen molar-refractivity contribution in [3.8, 4) is 0 Å². The Morgan fingerprint density at radius 1 is 1.29 bits per heavy atom. The molecule has 1 aliphatic heterocycles. The Balaban J connectivity index is 2.21. The van der Waals surface area contributed by atoms with Gasteiger partial charge in [-0.15, -0.1) is 0 Å². The molecule has 0 spiro atoms. The molecule has 1 heterocycles. The van der Waals surface area contributed by atoms with Crippen molar-refractivity contribution in [2.75, 3.05) is 6.61 Å². The summed E-state index contributed by atoms with van der Waals surface area (Å²) in [6.45, 7) is 7.29. The van der Waals surface area contributed by atoms with Gasteiger partial charge in [0.1, 0.15) is 0 Å². The molecule has 2 rings (SSSR count). The molecule has 17 heavy (non-hydrogen) atoms. The third-order valence-electron chi connectivity index (χ3n) is 3.38. The minimum atomic E-state index is -0.216. The molecule has 0 bridgehead atoms. The standard InChI is InChI=1S/C15H22O2/c1-15(2,3)12-6-4-5-11(9-12)14-10-13(16)7-8-17-14/h4-6,9,13-14,16H,7-8,10H2,1-3H3. The van der Waals surface area contributed by atoms with Crippen LogP contribution < -0.4 is 0 Å². The maximum absolute atomic E-state index is 9.69. The van der Waals surface area contributed by atoms with Gasteiger partial charge in [-0.3, -0.25) is 0 Å². The SMILES string of the molecule is CC(C)(C)c1cccc(C2CC(O)CCO2)c1. The minimum absolute atomic E-state index is 0.0565. The number of benzene rings is 1. The first-order valence-corrected chi connectivity index (χ1v) is 6.37. The van der Waals surface area contributed by atoms with Crippen molar-refractivity contribution in [1.82, 2.24) is 0 Å². The lowest BCUT2D eigenvalue weighted by Gasteiger charge is -2.28. The van der Waals surface area contributed by atoms with Crippen LogP contribution in [-0.4, -0.2) is 17.8 Å². The fourth-order valence-electron chi connectivity index (χ4n) is 2.22. The van der Waals surface area contributed by atoms with Gasteiger partial charge < -0.3 is 9.84 Å². The van der Waals surface area contributed by atoms with Crippen molar-refractivity contribution in [3.05, 3.63) is 35.4 Å². The molecule has 1 aliphatic rings. The molecule has 2 unspecified atom stereocenters. The lowest BCUT2D eigenvalue weighted by molar-refractivity contribution is -0.0448. The number of rotatable bonds is 1. The molecule has 2 atom stereocenters. The van der Waals surface area contributed by atoms with Crippen molar-refractivity contribution in [2.24, 2.45) is 0 Å². The lowest BCUT2D eigenvalue weighted by atomic mass is 9.85. The van der Waals surface area contributed by atoms with Crippen LogP contribution in [0.2, 0.25) is 0 Å². The maximum atomic E-state index is 9.69. The highest BCUT2D eigenvalue weighted by Crippen LogP contribution is 2.31. The summed E-state index contributed by atoms with van der Waals surface area (Å²) in [5.41, 5.74) is 2.67. The van der Waals surface area contributed by atoms with Crippen LogP contribution >= 0.6 is 0 Å².